The number of carboxylic acid groups (broad SMARTS) is 1. The minimum Gasteiger partial charge on any atom is -0.479 e. The van der Waals surface area contributed by atoms with Crippen LogP contribution < -0.4 is 5.32 Å². The number of carboxylic acids is 1. The first kappa shape index (κ1) is 13.1. The zero-order valence-corrected chi connectivity index (χ0v) is 9.50. The van der Waals surface area contributed by atoms with Gasteiger partial charge in [0.05, 0.1) is 5.60 Å². The third-order valence-corrected chi connectivity index (χ3v) is 3.49. The van der Waals surface area contributed by atoms with Crippen molar-refractivity contribution in [3.05, 3.63) is 0 Å². The number of nitrogens with one attached hydrogen (secondary N) is 1. The van der Waals surface area contributed by atoms with E-state index >= 15 is 0 Å². The maximum absolute atomic E-state index is 12.0. The number of halogens is 3. The molecule has 1 saturated carbocycles. The predicted molar refractivity (Wildman–Crippen MR) is 51.6 cm³/mol. The number of carbonyl (C=O) groups is 2. The Balaban J connectivity index is 2.01. The summed E-state index contributed by atoms with van der Waals surface area (Å²) in [6, 6.07) is 0. The summed E-state index contributed by atoms with van der Waals surface area (Å²) in [6.07, 6.45) is -5.43. The Morgan fingerprint density at radius 1 is 1.44 bits per heavy atom. The molecule has 0 aromatic rings. The van der Waals surface area contributed by atoms with Crippen molar-refractivity contribution in [3.8, 4) is 0 Å². The van der Waals surface area contributed by atoms with E-state index in [9.17, 15) is 22.8 Å². The molecule has 1 atom stereocenters. The molecule has 2 heterocycles. The zero-order chi connectivity index (χ0) is 13.8. The highest BCUT2D eigenvalue weighted by molar-refractivity contribution is 5.82. The van der Waals surface area contributed by atoms with Gasteiger partial charge in [0, 0.05) is 12.0 Å². The van der Waals surface area contributed by atoms with Crippen molar-refractivity contribution in [1.29, 1.82) is 0 Å². The number of fused-ring (bicyclic) bond motifs is 1. The van der Waals surface area contributed by atoms with Gasteiger partial charge in [-0.3, -0.25) is 4.79 Å². The zero-order valence-electron chi connectivity index (χ0n) is 9.50. The van der Waals surface area contributed by atoms with Crippen LogP contribution in [0.15, 0.2) is 0 Å². The molecule has 8 heteroatoms. The van der Waals surface area contributed by atoms with Crippen molar-refractivity contribution >= 4 is 11.9 Å². The molecule has 3 aliphatic rings. The second-order valence-electron chi connectivity index (χ2n) is 5.18. The van der Waals surface area contributed by atoms with Crippen molar-refractivity contribution in [2.75, 3.05) is 6.54 Å². The Labute approximate surface area is 100 Å². The highest BCUT2D eigenvalue weighted by Crippen LogP contribution is 2.61. The topological polar surface area (TPSA) is 75.6 Å². The van der Waals surface area contributed by atoms with Gasteiger partial charge in [0.2, 0.25) is 0 Å². The maximum Gasteiger partial charge on any atom is 0.471 e. The number of amides is 1. The van der Waals surface area contributed by atoms with E-state index in [2.05, 4.69) is 0 Å². The molecule has 2 N–H and O–H groups in total. The molecule has 3 fully saturated rings. The number of hydrogen-bond donors (Lipinski definition) is 2. The van der Waals surface area contributed by atoms with Gasteiger partial charge in [0.15, 0.2) is 6.10 Å². The number of hydrogen-bond acceptors (Lipinski definition) is 3. The van der Waals surface area contributed by atoms with Gasteiger partial charge < -0.3 is 15.2 Å². The van der Waals surface area contributed by atoms with Crippen LogP contribution in [0.1, 0.15) is 19.8 Å². The molecule has 3 rings (SSSR count). The summed E-state index contributed by atoms with van der Waals surface area (Å²) in [7, 11) is 0. The molecule has 5 nitrogen and oxygen atoms in total. The van der Waals surface area contributed by atoms with Gasteiger partial charge in [-0.2, -0.15) is 13.2 Å². The largest absolute Gasteiger partial charge is 0.479 e. The van der Waals surface area contributed by atoms with Gasteiger partial charge >= 0.3 is 18.1 Å². The first-order valence-corrected chi connectivity index (χ1v) is 5.34. The van der Waals surface area contributed by atoms with Gasteiger partial charge in [-0.1, -0.05) is 0 Å². The van der Waals surface area contributed by atoms with Crippen LogP contribution in [0.25, 0.3) is 0 Å². The minimum absolute atomic E-state index is 0.335. The van der Waals surface area contributed by atoms with Crippen LogP contribution in [0, 0.1) is 5.41 Å². The van der Waals surface area contributed by atoms with Gasteiger partial charge in [-0.25, -0.2) is 4.79 Å². The fourth-order valence-corrected chi connectivity index (χ4v) is 3.00. The Kier molecular flexibility index (Phi) is 2.62. The second kappa shape index (κ2) is 3.59. The fourth-order valence-electron chi connectivity index (χ4n) is 3.00. The molecule has 2 aliphatic heterocycles. The lowest BCUT2D eigenvalue weighted by atomic mass is 9.60. The molecular formula is C10H12F3NO4. The summed E-state index contributed by atoms with van der Waals surface area (Å²) < 4.78 is 41.4. The van der Waals surface area contributed by atoms with Crippen LogP contribution >= 0.6 is 0 Å². The quantitative estimate of drug-likeness (QED) is 0.788. The van der Waals surface area contributed by atoms with Crippen molar-refractivity contribution in [1.82, 2.24) is 5.32 Å². The van der Waals surface area contributed by atoms with Crippen LogP contribution in [0.4, 0.5) is 13.2 Å². The molecule has 102 valence electrons. The van der Waals surface area contributed by atoms with Gasteiger partial charge in [0.1, 0.15) is 0 Å². The van der Waals surface area contributed by atoms with Crippen LogP contribution in [-0.4, -0.2) is 41.4 Å². The lowest BCUT2D eigenvalue weighted by Gasteiger charge is -2.42. The minimum atomic E-state index is -4.96. The normalized spacial score (nSPS) is 38.1. The van der Waals surface area contributed by atoms with E-state index in [1.165, 1.54) is 0 Å². The average Bonchev–Trinajstić information content (AvgIpc) is 2.61. The average molecular weight is 267 g/mol. The molecule has 1 aliphatic carbocycles. The monoisotopic (exact) mass is 267 g/mol. The molecule has 0 radical (unpaired) electrons. The first-order chi connectivity index (χ1) is 8.08. The van der Waals surface area contributed by atoms with E-state index in [0.717, 1.165) is 0 Å². The molecular weight excluding hydrogens is 255 g/mol. The predicted octanol–water partition coefficient (Wildman–Crippen LogP) is 0.687. The van der Waals surface area contributed by atoms with Crippen LogP contribution in [0.5, 0.6) is 0 Å². The number of carbonyl (C=O) groups excluding carboxylic acids is 1. The molecule has 18 heavy (non-hydrogen) atoms. The molecule has 2 saturated heterocycles. The molecule has 1 unspecified atom stereocenters. The summed E-state index contributed by atoms with van der Waals surface area (Å²) in [6.45, 7) is 1.37. The number of aliphatic carboxylic acids is 1. The maximum atomic E-state index is 12.0. The molecule has 1 amide bonds. The van der Waals surface area contributed by atoms with Gasteiger partial charge in [0.25, 0.3) is 0 Å². The summed E-state index contributed by atoms with van der Waals surface area (Å²) in [4.78, 5) is 21.7. The first-order valence-electron chi connectivity index (χ1n) is 5.34. The van der Waals surface area contributed by atoms with E-state index in [-0.39, 0.29) is 6.54 Å². The summed E-state index contributed by atoms with van der Waals surface area (Å²) in [5.41, 5.74) is -1.51. The summed E-state index contributed by atoms with van der Waals surface area (Å²) in [5, 5.41) is 10.7. The third kappa shape index (κ3) is 1.94. The van der Waals surface area contributed by atoms with E-state index in [0.29, 0.717) is 12.8 Å². The van der Waals surface area contributed by atoms with E-state index < -0.39 is 35.2 Å². The standard InChI is InChI=1S/C10H12F3NO4/c1-8-2-9(3-8,5(18-8)6(15)16)4-14-7(17)10(11,12)13/h5H,2-4H2,1H3,(H,14,17)(H,15,16). The van der Waals surface area contributed by atoms with Gasteiger partial charge in [-0.15, -0.1) is 0 Å². The SMILES string of the molecule is CC12CC(CNC(=O)C(F)(F)F)(C1)C(C(=O)O)O2. The lowest BCUT2D eigenvalue weighted by molar-refractivity contribution is -0.174. The van der Waals surface area contributed by atoms with Crippen molar-refractivity contribution in [2.24, 2.45) is 5.41 Å². The smallest absolute Gasteiger partial charge is 0.471 e. The Morgan fingerprint density at radius 3 is 2.44 bits per heavy atom. The van der Waals surface area contributed by atoms with Crippen molar-refractivity contribution in [3.63, 3.8) is 0 Å². The van der Waals surface area contributed by atoms with Gasteiger partial charge in [-0.05, 0) is 19.8 Å². The number of rotatable bonds is 3. The second-order valence-corrected chi connectivity index (χ2v) is 5.18. The number of ether oxygens (including phenoxy) is 1. The highest BCUT2D eigenvalue weighted by atomic mass is 19.4. The summed E-state index contributed by atoms with van der Waals surface area (Å²) in [5.74, 6) is -3.26. The summed E-state index contributed by atoms with van der Waals surface area (Å²) >= 11 is 0. The molecule has 0 aromatic heterocycles. The molecule has 0 aromatic carbocycles. The third-order valence-electron chi connectivity index (χ3n) is 3.49. The van der Waals surface area contributed by atoms with Crippen molar-refractivity contribution in [2.45, 2.75) is 37.6 Å². The van der Waals surface area contributed by atoms with Crippen molar-refractivity contribution < 1.29 is 32.6 Å². The fraction of sp³-hybridized carbons (Fsp3) is 0.800. The highest BCUT2D eigenvalue weighted by Gasteiger charge is 2.68. The van der Waals surface area contributed by atoms with Crippen LogP contribution in [0.3, 0.4) is 0 Å². The molecule has 0 spiro atoms. The number of alkyl halides is 3. The van der Waals surface area contributed by atoms with E-state index in [4.69, 9.17) is 9.84 Å². The molecule has 2 bridgehead atoms. The van der Waals surface area contributed by atoms with E-state index in [1.807, 2.05) is 0 Å². The Hall–Kier alpha value is -1.31. The lowest BCUT2D eigenvalue weighted by Crippen LogP contribution is -2.53. The van der Waals surface area contributed by atoms with Crippen LogP contribution in [-0.2, 0) is 14.3 Å². The Morgan fingerprint density at radius 2 is 2.00 bits per heavy atom. The van der Waals surface area contributed by atoms with E-state index in [1.54, 1.807) is 12.2 Å². The van der Waals surface area contributed by atoms with Crippen LogP contribution in [0.2, 0.25) is 0 Å². The Bertz CT molecular complexity index is 400.